The van der Waals surface area contributed by atoms with Gasteiger partial charge in [0.1, 0.15) is 0 Å². The molecule has 1 heterocycles. The first-order valence-electron chi connectivity index (χ1n) is 8.11. The van der Waals surface area contributed by atoms with Gasteiger partial charge in [-0.2, -0.15) is 4.31 Å². The summed E-state index contributed by atoms with van der Waals surface area (Å²) in [6, 6.07) is 6.15. The van der Waals surface area contributed by atoms with Crippen LogP contribution in [-0.4, -0.2) is 51.0 Å². The number of nitrogens with zero attached hydrogens (tertiary/aromatic N) is 1. The van der Waals surface area contributed by atoms with Gasteiger partial charge in [-0.15, -0.1) is 0 Å². The molecule has 0 aliphatic carbocycles. The van der Waals surface area contributed by atoms with E-state index in [-0.39, 0.29) is 22.3 Å². The van der Waals surface area contributed by atoms with Crippen LogP contribution in [0.25, 0.3) is 0 Å². The smallest absolute Gasteiger partial charge is 0.251 e. The second kappa shape index (κ2) is 7.21. The van der Waals surface area contributed by atoms with E-state index in [4.69, 9.17) is 4.74 Å². The van der Waals surface area contributed by atoms with Crippen LogP contribution in [0.1, 0.15) is 38.1 Å². The molecule has 1 unspecified atom stereocenters. The molecule has 1 atom stereocenters. The van der Waals surface area contributed by atoms with Crippen molar-refractivity contribution in [3.63, 3.8) is 0 Å². The molecule has 0 radical (unpaired) electrons. The number of benzene rings is 1. The molecule has 2 rings (SSSR count). The average molecular weight is 354 g/mol. The maximum Gasteiger partial charge on any atom is 0.251 e. The second-order valence-corrected chi connectivity index (χ2v) is 9.04. The zero-order chi connectivity index (χ0) is 18.0. The highest BCUT2D eigenvalue weighted by Gasteiger charge is 2.27. The van der Waals surface area contributed by atoms with E-state index in [0.717, 1.165) is 0 Å². The number of nitrogens with one attached hydrogen (secondary N) is 1. The minimum absolute atomic E-state index is 0.0375. The highest BCUT2D eigenvalue weighted by molar-refractivity contribution is 7.89. The minimum Gasteiger partial charge on any atom is -0.379 e. The molecule has 1 aliphatic rings. The number of hydrogen-bond donors (Lipinski definition) is 1. The summed E-state index contributed by atoms with van der Waals surface area (Å²) in [7, 11) is -3.60. The minimum atomic E-state index is -3.60. The van der Waals surface area contributed by atoms with Crippen LogP contribution >= 0.6 is 0 Å². The summed E-state index contributed by atoms with van der Waals surface area (Å²) in [5.74, 6) is -0.267. The van der Waals surface area contributed by atoms with Crippen LogP contribution in [0.3, 0.4) is 0 Å². The quantitative estimate of drug-likeness (QED) is 0.896. The molecule has 1 saturated heterocycles. The van der Waals surface area contributed by atoms with Crippen LogP contribution in [0, 0.1) is 5.41 Å². The first kappa shape index (κ1) is 18.9. The molecule has 1 amide bonds. The number of ether oxygens (including phenoxy) is 1. The summed E-state index contributed by atoms with van der Waals surface area (Å²) in [6.07, 6.45) is 0. The van der Waals surface area contributed by atoms with E-state index in [1.807, 2.05) is 27.7 Å². The Hall–Kier alpha value is -1.44. The number of sulfonamides is 1. The number of amides is 1. The lowest BCUT2D eigenvalue weighted by Gasteiger charge is -2.28. The summed E-state index contributed by atoms with van der Waals surface area (Å²) in [6.45, 7) is 9.50. The first-order chi connectivity index (χ1) is 11.1. The van der Waals surface area contributed by atoms with Gasteiger partial charge in [0.25, 0.3) is 5.91 Å². The molecule has 1 aromatic carbocycles. The molecule has 1 N–H and O–H groups in total. The van der Waals surface area contributed by atoms with Gasteiger partial charge in [-0.1, -0.05) is 26.8 Å². The molecule has 0 bridgehead atoms. The first-order valence-corrected chi connectivity index (χ1v) is 9.55. The van der Waals surface area contributed by atoms with Gasteiger partial charge in [-0.05, 0) is 30.5 Å². The van der Waals surface area contributed by atoms with E-state index in [1.54, 1.807) is 12.1 Å². The Kier molecular flexibility index (Phi) is 5.67. The van der Waals surface area contributed by atoms with Gasteiger partial charge < -0.3 is 10.1 Å². The second-order valence-electron chi connectivity index (χ2n) is 7.11. The van der Waals surface area contributed by atoms with Crippen LogP contribution in [0.15, 0.2) is 29.2 Å². The van der Waals surface area contributed by atoms with Crippen LogP contribution < -0.4 is 5.32 Å². The van der Waals surface area contributed by atoms with Crippen LogP contribution in [0.4, 0.5) is 0 Å². The normalized spacial score (nSPS) is 18.2. The van der Waals surface area contributed by atoms with Crippen molar-refractivity contribution in [2.75, 3.05) is 26.3 Å². The van der Waals surface area contributed by atoms with Gasteiger partial charge in [-0.25, -0.2) is 8.42 Å². The van der Waals surface area contributed by atoms with Crippen molar-refractivity contribution in [3.8, 4) is 0 Å². The van der Waals surface area contributed by atoms with Crippen LogP contribution in [-0.2, 0) is 14.8 Å². The summed E-state index contributed by atoms with van der Waals surface area (Å²) in [5.41, 5.74) is 0.271. The van der Waals surface area contributed by atoms with E-state index >= 15 is 0 Å². The fourth-order valence-electron chi connectivity index (χ4n) is 2.23. The predicted molar refractivity (Wildman–Crippen MR) is 92.4 cm³/mol. The fourth-order valence-corrected chi connectivity index (χ4v) is 3.68. The topological polar surface area (TPSA) is 75.7 Å². The highest BCUT2D eigenvalue weighted by atomic mass is 32.2. The molecule has 0 aromatic heterocycles. The van der Waals surface area contributed by atoms with E-state index in [1.165, 1.54) is 16.4 Å². The molecule has 0 spiro atoms. The number of hydrogen-bond acceptors (Lipinski definition) is 4. The van der Waals surface area contributed by atoms with Crippen molar-refractivity contribution in [3.05, 3.63) is 29.8 Å². The molecule has 7 heteroatoms. The number of morpholine rings is 1. The van der Waals surface area contributed by atoms with E-state index < -0.39 is 10.0 Å². The monoisotopic (exact) mass is 354 g/mol. The Morgan fingerprint density at radius 1 is 1.25 bits per heavy atom. The Morgan fingerprint density at radius 2 is 1.88 bits per heavy atom. The third-order valence-corrected chi connectivity index (χ3v) is 6.25. The molecule has 1 aromatic rings. The zero-order valence-corrected chi connectivity index (χ0v) is 15.5. The van der Waals surface area contributed by atoms with E-state index in [2.05, 4.69) is 5.32 Å². The van der Waals surface area contributed by atoms with Crippen LogP contribution in [0.2, 0.25) is 0 Å². The van der Waals surface area contributed by atoms with Gasteiger partial charge >= 0.3 is 0 Å². The Labute approximate surface area is 144 Å². The van der Waals surface area contributed by atoms with Crippen molar-refractivity contribution in [2.45, 2.75) is 38.6 Å². The third-order valence-electron chi connectivity index (χ3n) is 4.35. The molecule has 134 valence electrons. The third kappa shape index (κ3) is 4.34. The fraction of sp³-hybridized carbons (Fsp3) is 0.588. The lowest BCUT2D eigenvalue weighted by Crippen LogP contribution is -2.42. The summed E-state index contributed by atoms with van der Waals surface area (Å²) in [5, 5.41) is 2.93. The average Bonchev–Trinajstić information content (AvgIpc) is 2.55. The highest BCUT2D eigenvalue weighted by Crippen LogP contribution is 2.21. The SMILES string of the molecule is CC(NC(=O)c1cccc(S(=O)(=O)N2CCOCC2)c1)C(C)(C)C. The molecule has 6 nitrogen and oxygen atoms in total. The van der Waals surface area contributed by atoms with Crippen molar-refractivity contribution in [1.82, 2.24) is 9.62 Å². The van der Waals surface area contributed by atoms with Gasteiger partial charge in [0.2, 0.25) is 10.0 Å². The van der Waals surface area contributed by atoms with E-state index in [0.29, 0.717) is 31.9 Å². The number of carbonyl (C=O) groups excluding carboxylic acids is 1. The van der Waals surface area contributed by atoms with Gasteiger partial charge in [0, 0.05) is 24.7 Å². The lowest BCUT2D eigenvalue weighted by molar-refractivity contribution is 0.0730. The zero-order valence-electron chi connectivity index (χ0n) is 14.7. The van der Waals surface area contributed by atoms with Crippen LogP contribution in [0.5, 0.6) is 0 Å². The van der Waals surface area contributed by atoms with Crippen molar-refractivity contribution >= 4 is 15.9 Å². The Bertz CT molecular complexity index is 689. The van der Waals surface area contributed by atoms with Crippen molar-refractivity contribution in [2.24, 2.45) is 5.41 Å². The van der Waals surface area contributed by atoms with Gasteiger partial charge in [-0.3, -0.25) is 4.79 Å². The number of carbonyl (C=O) groups is 1. The molecule has 0 saturated carbocycles. The van der Waals surface area contributed by atoms with Crippen molar-refractivity contribution in [1.29, 1.82) is 0 Å². The Balaban J connectivity index is 2.20. The van der Waals surface area contributed by atoms with E-state index in [9.17, 15) is 13.2 Å². The standard InChI is InChI=1S/C17H26N2O4S/c1-13(17(2,3)4)18-16(20)14-6-5-7-15(12-14)24(21,22)19-8-10-23-11-9-19/h5-7,12-13H,8-11H2,1-4H3,(H,18,20). The van der Waals surface area contributed by atoms with Gasteiger partial charge in [0.05, 0.1) is 18.1 Å². The maximum atomic E-state index is 12.7. The molecular formula is C17H26N2O4S. The summed E-state index contributed by atoms with van der Waals surface area (Å²) >= 11 is 0. The van der Waals surface area contributed by atoms with Crippen molar-refractivity contribution < 1.29 is 17.9 Å². The number of rotatable bonds is 4. The molecule has 24 heavy (non-hydrogen) atoms. The molecule has 1 fully saturated rings. The molecule has 1 aliphatic heterocycles. The summed E-state index contributed by atoms with van der Waals surface area (Å²) in [4.78, 5) is 12.6. The largest absolute Gasteiger partial charge is 0.379 e. The summed E-state index contributed by atoms with van der Waals surface area (Å²) < 4.78 is 32.0. The van der Waals surface area contributed by atoms with Gasteiger partial charge in [0.15, 0.2) is 0 Å². The maximum absolute atomic E-state index is 12.7. The predicted octanol–water partition coefficient (Wildman–Crippen LogP) is 1.87. The Morgan fingerprint density at radius 3 is 2.46 bits per heavy atom. The lowest BCUT2D eigenvalue weighted by atomic mass is 9.88. The molecular weight excluding hydrogens is 328 g/mol.